The van der Waals surface area contributed by atoms with E-state index in [0.717, 1.165) is 32.2 Å². The van der Waals surface area contributed by atoms with E-state index in [1.807, 2.05) is 60.7 Å². The molecule has 2 aromatic heterocycles. The van der Waals surface area contributed by atoms with E-state index in [4.69, 9.17) is 0 Å². The summed E-state index contributed by atoms with van der Waals surface area (Å²) in [6.07, 6.45) is 0. The van der Waals surface area contributed by atoms with Gasteiger partial charge in [0.2, 0.25) is 0 Å². The highest BCUT2D eigenvalue weighted by atomic mass is 32.2. The highest BCUT2D eigenvalue weighted by molar-refractivity contribution is 8.00. The molecule has 6 nitrogen and oxygen atoms in total. The number of carbonyl (C=O) groups excluding carboxylic acids is 2. The van der Waals surface area contributed by atoms with E-state index in [2.05, 4.69) is 9.97 Å². The first-order valence-electron chi connectivity index (χ1n) is 9.24. The van der Waals surface area contributed by atoms with Gasteiger partial charge in [-0.05, 0) is 24.3 Å². The molecule has 0 aliphatic carbocycles. The fraction of sp³-hybridized carbons (Fsp3) is 0.182. The molecular formula is C22H14N4O2S3. The van der Waals surface area contributed by atoms with E-state index >= 15 is 0 Å². The number of carbonyl (C=O) groups is 2. The second-order valence-corrected chi connectivity index (χ2v) is 9.70. The van der Waals surface area contributed by atoms with Crippen LogP contribution in [0.5, 0.6) is 0 Å². The second-order valence-electron chi connectivity index (χ2n) is 6.59. The number of hydrogen-bond donors (Lipinski definition) is 0. The predicted molar refractivity (Wildman–Crippen MR) is 123 cm³/mol. The molecule has 2 unspecified atom stereocenters. The first-order valence-corrected chi connectivity index (χ1v) is 12.0. The van der Waals surface area contributed by atoms with Crippen LogP contribution in [0.1, 0.15) is 21.9 Å². The molecule has 2 aromatic carbocycles. The molecule has 0 amide bonds. The number of ketones is 2. The van der Waals surface area contributed by atoms with Gasteiger partial charge in [-0.15, -0.1) is 34.4 Å². The van der Waals surface area contributed by atoms with Gasteiger partial charge in [0.05, 0.1) is 44.1 Å². The third kappa shape index (κ3) is 4.49. The van der Waals surface area contributed by atoms with E-state index < -0.39 is 11.8 Å². The smallest absolute Gasteiger partial charge is 0.166 e. The maximum atomic E-state index is 12.6. The zero-order valence-corrected chi connectivity index (χ0v) is 18.5. The number of Topliss-reactive ketones (excluding diaryl/α,β-unsaturated/α-hetero) is 2. The van der Waals surface area contributed by atoms with Crippen LogP contribution in [0.3, 0.4) is 0 Å². The van der Waals surface area contributed by atoms with Gasteiger partial charge in [0, 0.05) is 0 Å². The fourth-order valence-electron chi connectivity index (χ4n) is 2.98. The Bertz CT molecular complexity index is 1190. The molecule has 2 atom stereocenters. The topological polar surface area (TPSA) is 108 Å². The van der Waals surface area contributed by atoms with E-state index in [-0.39, 0.29) is 23.1 Å². The minimum atomic E-state index is -0.962. The monoisotopic (exact) mass is 462 g/mol. The number of thiazole rings is 2. The molecule has 9 heteroatoms. The summed E-state index contributed by atoms with van der Waals surface area (Å²) in [7, 11) is 0. The van der Waals surface area contributed by atoms with Crippen LogP contribution in [0.25, 0.3) is 20.4 Å². The molecule has 0 saturated heterocycles. The molecule has 152 valence electrons. The Labute approximate surface area is 190 Å². The largest absolute Gasteiger partial charge is 0.297 e. The molecular weight excluding hydrogens is 448 g/mol. The molecule has 0 bridgehead atoms. The number of nitriles is 2. The lowest BCUT2D eigenvalue weighted by Crippen LogP contribution is -2.17. The summed E-state index contributed by atoms with van der Waals surface area (Å²) in [5, 5.41) is 19.9. The molecule has 0 saturated carbocycles. The van der Waals surface area contributed by atoms with Crippen LogP contribution in [0.15, 0.2) is 48.5 Å². The average molecular weight is 463 g/mol. The molecule has 31 heavy (non-hydrogen) atoms. The molecule has 0 fully saturated rings. The Morgan fingerprint density at radius 1 is 0.806 bits per heavy atom. The second kappa shape index (κ2) is 9.36. The van der Waals surface area contributed by atoms with Gasteiger partial charge < -0.3 is 0 Å². The van der Waals surface area contributed by atoms with Gasteiger partial charge in [0.1, 0.15) is 10.0 Å². The number of aromatic nitrogens is 2. The summed E-state index contributed by atoms with van der Waals surface area (Å²) in [6.45, 7) is 0. The first kappa shape index (κ1) is 21.1. The van der Waals surface area contributed by atoms with Crippen molar-refractivity contribution >= 4 is 66.4 Å². The number of thioether (sulfide) groups is 1. The van der Waals surface area contributed by atoms with Gasteiger partial charge >= 0.3 is 0 Å². The number of nitrogens with zero attached hydrogens (tertiary/aromatic N) is 4. The van der Waals surface area contributed by atoms with Crippen molar-refractivity contribution in [3.05, 3.63) is 58.5 Å². The number of hydrogen-bond acceptors (Lipinski definition) is 9. The highest BCUT2D eigenvalue weighted by Crippen LogP contribution is 2.30. The Morgan fingerprint density at radius 2 is 1.23 bits per heavy atom. The maximum absolute atomic E-state index is 12.6. The molecule has 4 aromatic rings. The quantitative estimate of drug-likeness (QED) is 0.374. The van der Waals surface area contributed by atoms with Crippen molar-refractivity contribution in [2.75, 3.05) is 11.5 Å². The molecule has 0 aliphatic rings. The van der Waals surface area contributed by atoms with Gasteiger partial charge in [-0.3, -0.25) is 9.59 Å². The lowest BCUT2D eigenvalue weighted by Gasteiger charge is -2.06. The SMILES string of the molecule is N#CC(C(=O)CSCC(=O)C(C#N)c1nc2ccccc2s1)c1nc2ccccc2s1. The minimum Gasteiger partial charge on any atom is -0.297 e. The van der Waals surface area contributed by atoms with Crippen LogP contribution < -0.4 is 0 Å². The van der Waals surface area contributed by atoms with Crippen molar-refractivity contribution in [3.63, 3.8) is 0 Å². The van der Waals surface area contributed by atoms with Gasteiger partial charge in [-0.2, -0.15) is 10.5 Å². The normalized spacial score (nSPS) is 12.8. The molecule has 4 rings (SSSR count). The zero-order chi connectivity index (χ0) is 21.8. The third-order valence-corrected chi connectivity index (χ3v) is 7.69. The van der Waals surface area contributed by atoms with Gasteiger partial charge in [0.15, 0.2) is 23.4 Å². The summed E-state index contributed by atoms with van der Waals surface area (Å²) in [4.78, 5) is 34.0. The standard InChI is InChI=1S/C22H14N4O2S3/c23-9-13(21-25-15-5-1-3-7-19(15)30-21)17(27)11-29-12-18(28)14(10-24)22-26-16-6-2-4-8-20(16)31-22/h1-8,13-14H,11-12H2. The van der Waals surface area contributed by atoms with E-state index in [1.165, 1.54) is 22.7 Å². The first-order chi connectivity index (χ1) is 15.1. The summed E-state index contributed by atoms with van der Waals surface area (Å²) in [5.41, 5.74) is 1.51. The van der Waals surface area contributed by atoms with Crippen LogP contribution in [0, 0.1) is 22.7 Å². The minimum absolute atomic E-state index is 0.00210. The van der Waals surface area contributed by atoms with Crippen LogP contribution in [-0.2, 0) is 9.59 Å². The molecule has 0 radical (unpaired) electrons. The van der Waals surface area contributed by atoms with Crippen molar-refractivity contribution in [2.45, 2.75) is 11.8 Å². The number of fused-ring (bicyclic) bond motifs is 2. The van der Waals surface area contributed by atoms with Crippen molar-refractivity contribution in [2.24, 2.45) is 0 Å². The fourth-order valence-corrected chi connectivity index (χ4v) is 5.89. The third-order valence-electron chi connectivity index (χ3n) is 4.51. The Kier molecular flexibility index (Phi) is 6.38. The van der Waals surface area contributed by atoms with E-state index in [1.54, 1.807) is 0 Å². The summed E-state index contributed by atoms with van der Waals surface area (Å²) in [6, 6.07) is 19.0. The Morgan fingerprint density at radius 3 is 1.61 bits per heavy atom. The van der Waals surface area contributed by atoms with Crippen LogP contribution >= 0.6 is 34.4 Å². The molecule has 0 aliphatic heterocycles. The van der Waals surface area contributed by atoms with E-state index in [0.29, 0.717) is 10.0 Å². The van der Waals surface area contributed by atoms with Gasteiger partial charge in [0.25, 0.3) is 0 Å². The van der Waals surface area contributed by atoms with E-state index in [9.17, 15) is 20.1 Å². The lowest BCUT2D eigenvalue weighted by atomic mass is 10.1. The lowest BCUT2D eigenvalue weighted by molar-refractivity contribution is -0.117. The average Bonchev–Trinajstić information content (AvgIpc) is 3.38. The highest BCUT2D eigenvalue weighted by Gasteiger charge is 2.27. The van der Waals surface area contributed by atoms with Crippen LogP contribution in [0.4, 0.5) is 0 Å². The molecule has 0 spiro atoms. The summed E-state index contributed by atoms with van der Waals surface area (Å²) >= 11 is 3.76. The van der Waals surface area contributed by atoms with Crippen molar-refractivity contribution in [1.82, 2.24) is 9.97 Å². The van der Waals surface area contributed by atoms with Crippen molar-refractivity contribution < 1.29 is 9.59 Å². The summed E-state index contributed by atoms with van der Waals surface area (Å²) in [5.74, 6) is -2.52. The summed E-state index contributed by atoms with van der Waals surface area (Å²) < 4.78 is 1.84. The number of benzene rings is 2. The van der Waals surface area contributed by atoms with Crippen molar-refractivity contribution in [1.29, 1.82) is 10.5 Å². The van der Waals surface area contributed by atoms with Gasteiger partial charge in [-0.25, -0.2) is 9.97 Å². The van der Waals surface area contributed by atoms with Gasteiger partial charge in [-0.1, -0.05) is 24.3 Å². The zero-order valence-electron chi connectivity index (χ0n) is 16.0. The van der Waals surface area contributed by atoms with Crippen LogP contribution in [-0.4, -0.2) is 33.0 Å². The molecule has 2 heterocycles. The predicted octanol–water partition coefficient (Wildman–Crippen LogP) is 4.69. The van der Waals surface area contributed by atoms with Crippen LogP contribution in [0.2, 0.25) is 0 Å². The number of para-hydroxylation sites is 2. The Hall–Kier alpha value is -3.11. The Balaban J connectivity index is 1.39. The van der Waals surface area contributed by atoms with Crippen molar-refractivity contribution in [3.8, 4) is 12.1 Å². The number of rotatable bonds is 8. The maximum Gasteiger partial charge on any atom is 0.166 e. The molecule has 0 N–H and O–H groups in total.